The van der Waals surface area contributed by atoms with Crippen molar-refractivity contribution in [3.8, 4) is 5.75 Å². The highest BCUT2D eigenvalue weighted by Crippen LogP contribution is 2.34. The Morgan fingerprint density at radius 1 is 1.15 bits per heavy atom. The van der Waals surface area contributed by atoms with Crippen molar-refractivity contribution < 1.29 is 9.53 Å². The summed E-state index contributed by atoms with van der Waals surface area (Å²) in [7, 11) is 0. The average molecular weight is 348 g/mol. The number of ether oxygens (including phenoxy) is 1. The molecule has 2 aromatic carbocycles. The van der Waals surface area contributed by atoms with Crippen LogP contribution in [0.3, 0.4) is 0 Å². The number of nitrogens with one attached hydrogen (secondary N) is 1. The molecule has 1 aromatic heterocycles. The first-order chi connectivity index (χ1) is 12.7. The minimum atomic E-state index is -0.0385. The Kier molecular flexibility index (Phi) is 4.41. The molecule has 134 valence electrons. The van der Waals surface area contributed by atoms with Crippen LogP contribution in [0.2, 0.25) is 0 Å². The Morgan fingerprint density at radius 2 is 1.92 bits per heavy atom. The fourth-order valence-electron chi connectivity index (χ4n) is 3.56. The Labute approximate surface area is 153 Å². The minimum absolute atomic E-state index is 0.0385. The predicted molar refractivity (Wildman–Crippen MR) is 104 cm³/mol. The number of aromatic nitrogens is 1. The van der Waals surface area contributed by atoms with Gasteiger partial charge in [-0.2, -0.15) is 0 Å². The van der Waals surface area contributed by atoms with Gasteiger partial charge in [0.2, 0.25) is 0 Å². The monoisotopic (exact) mass is 348 g/mol. The number of benzene rings is 2. The fraction of sp³-hybridized carbons (Fsp3) is 0.318. The van der Waals surface area contributed by atoms with Gasteiger partial charge in [0, 0.05) is 11.9 Å². The number of rotatable bonds is 5. The van der Waals surface area contributed by atoms with Crippen LogP contribution in [0.1, 0.15) is 41.9 Å². The largest absolute Gasteiger partial charge is 0.486 e. The number of carbonyl (C=O) groups is 1. The van der Waals surface area contributed by atoms with Crippen molar-refractivity contribution in [1.82, 2.24) is 9.88 Å². The van der Waals surface area contributed by atoms with Crippen molar-refractivity contribution in [1.29, 1.82) is 0 Å². The van der Waals surface area contributed by atoms with Gasteiger partial charge in [0.1, 0.15) is 17.5 Å². The molecular weight excluding hydrogens is 324 g/mol. The quantitative estimate of drug-likeness (QED) is 0.747. The van der Waals surface area contributed by atoms with Gasteiger partial charge in [-0.05, 0) is 36.1 Å². The smallest absolute Gasteiger partial charge is 0.268 e. The maximum absolute atomic E-state index is 12.8. The molecule has 0 fully saturated rings. The van der Waals surface area contributed by atoms with Crippen LogP contribution < -0.4 is 10.1 Å². The Hall–Kier alpha value is -2.75. The zero-order valence-electron chi connectivity index (χ0n) is 15.3. The summed E-state index contributed by atoms with van der Waals surface area (Å²) >= 11 is 0. The minimum Gasteiger partial charge on any atom is -0.486 e. The number of carbonyl (C=O) groups excluding carboxylic acids is 1. The zero-order valence-corrected chi connectivity index (χ0v) is 15.3. The summed E-state index contributed by atoms with van der Waals surface area (Å²) in [5.74, 6) is 0.832. The van der Waals surface area contributed by atoms with E-state index in [1.54, 1.807) is 0 Å². The van der Waals surface area contributed by atoms with E-state index in [2.05, 4.69) is 48.0 Å². The molecule has 2 heterocycles. The molecular formula is C22H24N2O2. The number of hydrogen-bond donors (Lipinski definition) is 1. The molecule has 1 amide bonds. The van der Waals surface area contributed by atoms with E-state index in [4.69, 9.17) is 4.74 Å². The average Bonchev–Trinajstić information content (AvgIpc) is 3.06. The summed E-state index contributed by atoms with van der Waals surface area (Å²) in [4.78, 5) is 12.8. The van der Waals surface area contributed by atoms with Crippen LogP contribution in [-0.2, 0) is 19.5 Å². The van der Waals surface area contributed by atoms with Gasteiger partial charge in [0.15, 0.2) is 0 Å². The van der Waals surface area contributed by atoms with E-state index < -0.39 is 0 Å². The molecule has 0 aliphatic carbocycles. The normalized spacial score (nSPS) is 15.7. The molecule has 0 bridgehead atoms. The highest BCUT2D eigenvalue weighted by atomic mass is 16.5. The zero-order chi connectivity index (χ0) is 18.1. The standard InChI is InChI=1S/C22H24N2O2/c1-3-15-8-10-16(11-9-15)13-23-22(25)19-12-17-6-5-7-20-21(17)24(19)14-18(4-2)26-20/h5-12,18H,3-4,13-14H2,1-2H3,(H,23,25)/t18-/m1/s1. The lowest BCUT2D eigenvalue weighted by molar-refractivity contribution is 0.0935. The fourth-order valence-corrected chi connectivity index (χ4v) is 3.56. The molecule has 4 nitrogen and oxygen atoms in total. The van der Waals surface area contributed by atoms with E-state index in [0.717, 1.165) is 35.1 Å². The van der Waals surface area contributed by atoms with Gasteiger partial charge in [0.25, 0.3) is 5.91 Å². The molecule has 0 spiro atoms. The maximum atomic E-state index is 12.8. The van der Waals surface area contributed by atoms with E-state index in [9.17, 15) is 4.79 Å². The van der Waals surface area contributed by atoms with Gasteiger partial charge in [-0.15, -0.1) is 0 Å². The van der Waals surface area contributed by atoms with E-state index in [-0.39, 0.29) is 12.0 Å². The first-order valence-corrected chi connectivity index (χ1v) is 9.34. The van der Waals surface area contributed by atoms with Crippen molar-refractivity contribution in [2.75, 3.05) is 0 Å². The van der Waals surface area contributed by atoms with Gasteiger partial charge < -0.3 is 14.6 Å². The lowest BCUT2D eigenvalue weighted by Crippen LogP contribution is -2.31. The lowest BCUT2D eigenvalue weighted by atomic mass is 10.1. The van der Waals surface area contributed by atoms with E-state index in [1.165, 1.54) is 5.56 Å². The van der Waals surface area contributed by atoms with Gasteiger partial charge in [-0.25, -0.2) is 0 Å². The number of amides is 1. The van der Waals surface area contributed by atoms with Gasteiger partial charge in [-0.3, -0.25) is 4.79 Å². The van der Waals surface area contributed by atoms with Crippen LogP contribution >= 0.6 is 0 Å². The van der Waals surface area contributed by atoms with Crippen molar-refractivity contribution in [2.45, 2.75) is 45.9 Å². The third kappa shape index (κ3) is 2.96. The maximum Gasteiger partial charge on any atom is 0.268 e. The molecule has 0 saturated carbocycles. The summed E-state index contributed by atoms with van der Waals surface area (Å²) in [5, 5.41) is 4.11. The molecule has 4 rings (SSSR count). The van der Waals surface area contributed by atoms with E-state index in [1.807, 2.05) is 24.3 Å². The van der Waals surface area contributed by atoms with Crippen molar-refractivity contribution in [2.24, 2.45) is 0 Å². The molecule has 0 saturated heterocycles. The summed E-state index contributed by atoms with van der Waals surface area (Å²) in [5.41, 5.74) is 4.15. The molecule has 1 aliphatic rings. The number of hydrogen-bond acceptors (Lipinski definition) is 2. The number of aryl methyl sites for hydroxylation is 1. The first-order valence-electron chi connectivity index (χ1n) is 9.34. The topological polar surface area (TPSA) is 43.3 Å². The lowest BCUT2D eigenvalue weighted by Gasteiger charge is -2.26. The summed E-state index contributed by atoms with van der Waals surface area (Å²) < 4.78 is 8.15. The Morgan fingerprint density at radius 3 is 2.65 bits per heavy atom. The second kappa shape index (κ2) is 6.87. The highest BCUT2D eigenvalue weighted by Gasteiger charge is 2.25. The van der Waals surface area contributed by atoms with Crippen LogP contribution in [0.5, 0.6) is 5.75 Å². The Bertz CT molecular complexity index is 941. The molecule has 1 N–H and O–H groups in total. The van der Waals surface area contributed by atoms with Gasteiger partial charge >= 0.3 is 0 Å². The van der Waals surface area contributed by atoms with Crippen molar-refractivity contribution in [3.05, 3.63) is 65.4 Å². The first kappa shape index (κ1) is 16.7. The molecule has 1 atom stereocenters. The third-order valence-corrected chi connectivity index (χ3v) is 5.14. The second-order valence-electron chi connectivity index (χ2n) is 6.84. The highest BCUT2D eigenvalue weighted by molar-refractivity contribution is 6.00. The SMILES string of the molecule is CCc1ccc(CNC(=O)c2cc3cccc4c3n2C[C@@H](CC)O4)cc1. The molecule has 3 aromatic rings. The summed E-state index contributed by atoms with van der Waals surface area (Å²) in [6.07, 6.45) is 2.04. The third-order valence-electron chi connectivity index (χ3n) is 5.14. The number of para-hydroxylation sites is 1. The van der Waals surface area contributed by atoms with Crippen molar-refractivity contribution >= 4 is 16.8 Å². The molecule has 0 unspecified atom stereocenters. The summed E-state index contributed by atoms with van der Waals surface area (Å²) in [6, 6.07) is 16.4. The molecule has 1 aliphatic heterocycles. The second-order valence-corrected chi connectivity index (χ2v) is 6.84. The van der Waals surface area contributed by atoms with Crippen LogP contribution in [0.25, 0.3) is 10.9 Å². The van der Waals surface area contributed by atoms with Crippen LogP contribution in [-0.4, -0.2) is 16.6 Å². The van der Waals surface area contributed by atoms with Crippen LogP contribution in [0, 0.1) is 0 Å². The predicted octanol–water partition coefficient (Wildman–Crippen LogP) is 4.30. The molecule has 26 heavy (non-hydrogen) atoms. The molecule has 0 radical (unpaired) electrons. The Balaban J connectivity index is 1.58. The van der Waals surface area contributed by atoms with Crippen LogP contribution in [0.15, 0.2) is 48.5 Å². The van der Waals surface area contributed by atoms with Gasteiger partial charge in [-0.1, -0.05) is 50.2 Å². The van der Waals surface area contributed by atoms with E-state index in [0.29, 0.717) is 18.8 Å². The van der Waals surface area contributed by atoms with Gasteiger partial charge in [0.05, 0.1) is 12.1 Å². The molecule has 4 heteroatoms. The van der Waals surface area contributed by atoms with E-state index >= 15 is 0 Å². The number of nitrogens with zero attached hydrogens (tertiary/aromatic N) is 1. The van der Waals surface area contributed by atoms with Crippen LogP contribution in [0.4, 0.5) is 0 Å². The summed E-state index contributed by atoms with van der Waals surface area (Å²) in [6.45, 7) is 5.50. The van der Waals surface area contributed by atoms with Crippen molar-refractivity contribution in [3.63, 3.8) is 0 Å².